The van der Waals surface area contributed by atoms with Crippen LogP contribution in [0.4, 0.5) is 0 Å². The molecule has 3 N–H and O–H groups in total. The number of rotatable bonds is 5. The molecular formula is C16H20N4O4. The zero-order valence-corrected chi connectivity index (χ0v) is 13.6. The molecule has 0 spiro atoms. The van der Waals surface area contributed by atoms with Crippen LogP contribution in [0, 0.1) is 0 Å². The molecule has 3 rings (SSSR count). The number of aliphatic hydroxyl groups is 1. The number of carbonyl (C=O) groups is 1. The lowest BCUT2D eigenvalue weighted by molar-refractivity contribution is 0.0925. The summed E-state index contributed by atoms with van der Waals surface area (Å²) >= 11 is 0. The maximum atomic E-state index is 12.5. The van der Waals surface area contributed by atoms with Crippen molar-refractivity contribution in [2.75, 3.05) is 6.54 Å². The molecule has 0 aliphatic heterocycles. The molecule has 0 bridgehead atoms. The highest BCUT2D eigenvalue weighted by Crippen LogP contribution is 2.39. The van der Waals surface area contributed by atoms with Crippen LogP contribution in [0.25, 0.3) is 11.0 Å². The quantitative estimate of drug-likeness (QED) is 0.717. The summed E-state index contributed by atoms with van der Waals surface area (Å²) in [5.41, 5.74) is -0.0247. The van der Waals surface area contributed by atoms with Gasteiger partial charge in [-0.05, 0) is 32.8 Å². The second kappa shape index (κ2) is 6.20. The van der Waals surface area contributed by atoms with Gasteiger partial charge >= 0.3 is 5.69 Å². The molecule has 128 valence electrons. The van der Waals surface area contributed by atoms with Crippen LogP contribution >= 0.6 is 0 Å². The molecule has 1 amide bonds. The van der Waals surface area contributed by atoms with E-state index in [1.807, 2.05) is 0 Å². The summed E-state index contributed by atoms with van der Waals surface area (Å²) in [6.45, 7) is 3.74. The Kier molecular flexibility index (Phi) is 4.23. The van der Waals surface area contributed by atoms with Crippen molar-refractivity contribution >= 4 is 16.9 Å². The predicted molar refractivity (Wildman–Crippen MR) is 88.3 cm³/mol. The molecule has 8 heteroatoms. The van der Waals surface area contributed by atoms with E-state index in [9.17, 15) is 19.5 Å². The Morgan fingerprint density at radius 2 is 2.21 bits per heavy atom. The fraction of sp³-hybridized carbons (Fsp3) is 0.500. The van der Waals surface area contributed by atoms with Gasteiger partial charge in [-0.1, -0.05) is 0 Å². The Balaban J connectivity index is 2.24. The molecule has 1 unspecified atom stereocenters. The van der Waals surface area contributed by atoms with E-state index < -0.39 is 23.3 Å². The lowest BCUT2D eigenvalue weighted by Crippen LogP contribution is -2.34. The first kappa shape index (κ1) is 16.4. The fourth-order valence-electron chi connectivity index (χ4n) is 2.69. The summed E-state index contributed by atoms with van der Waals surface area (Å²) in [6, 6.07) is 1.62. The van der Waals surface area contributed by atoms with E-state index in [1.165, 1.54) is 4.57 Å². The zero-order valence-electron chi connectivity index (χ0n) is 13.6. The molecule has 1 aliphatic carbocycles. The number of nitrogens with one attached hydrogen (secondary N) is 2. The summed E-state index contributed by atoms with van der Waals surface area (Å²) in [4.78, 5) is 43.5. The number of aromatic amines is 1. The molecule has 2 aromatic rings. The molecule has 0 aromatic carbocycles. The second-order valence-corrected chi connectivity index (χ2v) is 6.13. The maximum absolute atomic E-state index is 12.5. The van der Waals surface area contributed by atoms with Crippen LogP contribution in [-0.4, -0.2) is 38.2 Å². The average Bonchev–Trinajstić information content (AvgIpc) is 3.36. The van der Waals surface area contributed by atoms with E-state index in [4.69, 9.17) is 0 Å². The molecule has 0 radical (unpaired) electrons. The topological polar surface area (TPSA) is 117 Å². The van der Waals surface area contributed by atoms with Gasteiger partial charge in [0.15, 0.2) is 5.65 Å². The van der Waals surface area contributed by atoms with Gasteiger partial charge in [-0.25, -0.2) is 9.78 Å². The Labute approximate surface area is 137 Å². The monoisotopic (exact) mass is 332 g/mol. The third-order valence-electron chi connectivity index (χ3n) is 4.08. The van der Waals surface area contributed by atoms with Crippen LogP contribution in [0.2, 0.25) is 0 Å². The van der Waals surface area contributed by atoms with E-state index in [0.717, 1.165) is 18.5 Å². The number of amides is 1. The van der Waals surface area contributed by atoms with Crippen LogP contribution in [-0.2, 0) is 6.54 Å². The third kappa shape index (κ3) is 2.96. The first-order valence-corrected chi connectivity index (χ1v) is 8.06. The van der Waals surface area contributed by atoms with Crippen LogP contribution in [0.15, 0.2) is 15.7 Å². The van der Waals surface area contributed by atoms with Gasteiger partial charge in [-0.2, -0.15) is 0 Å². The predicted octanol–water partition coefficient (Wildman–Crippen LogP) is 0.0927. The number of aliphatic hydroxyl groups excluding tert-OH is 1. The van der Waals surface area contributed by atoms with Crippen LogP contribution in [0.3, 0.4) is 0 Å². The van der Waals surface area contributed by atoms with Gasteiger partial charge < -0.3 is 10.4 Å². The normalized spacial score (nSPS) is 15.5. The molecule has 1 atom stereocenters. The lowest BCUT2D eigenvalue weighted by atomic mass is 10.1. The largest absolute Gasteiger partial charge is 0.392 e. The minimum Gasteiger partial charge on any atom is -0.392 e. The number of fused-ring (bicyclic) bond motifs is 1. The van der Waals surface area contributed by atoms with Crippen molar-refractivity contribution in [3.05, 3.63) is 38.2 Å². The van der Waals surface area contributed by atoms with Crippen molar-refractivity contribution in [3.63, 3.8) is 0 Å². The molecule has 1 fully saturated rings. The number of carbonyl (C=O) groups excluding carboxylic acids is 1. The maximum Gasteiger partial charge on any atom is 0.329 e. The summed E-state index contributed by atoms with van der Waals surface area (Å²) < 4.78 is 1.36. The van der Waals surface area contributed by atoms with Gasteiger partial charge in [0.25, 0.3) is 11.5 Å². The van der Waals surface area contributed by atoms with Gasteiger partial charge in [0.2, 0.25) is 0 Å². The van der Waals surface area contributed by atoms with Crippen LogP contribution < -0.4 is 16.6 Å². The molecule has 1 aliphatic rings. The van der Waals surface area contributed by atoms with E-state index in [-0.39, 0.29) is 29.1 Å². The van der Waals surface area contributed by atoms with E-state index in [0.29, 0.717) is 6.54 Å². The standard InChI is InChI=1S/C16H20N4O4/c1-3-20-13-12(15(23)19-16(20)24)10(14(22)17-7-8(2)21)6-11(18-13)9-4-5-9/h6,8-9,21H,3-5,7H2,1-2H3,(H,17,22)(H,19,23,24). The zero-order chi connectivity index (χ0) is 17.4. The Morgan fingerprint density at radius 1 is 1.50 bits per heavy atom. The van der Waals surface area contributed by atoms with Gasteiger partial charge in [0, 0.05) is 24.7 Å². The molecule has 8 nitrogen and oxygen atoms in total. The van der Waals surface area contributed by atoms with Crippen molar-refractivity contribution in [3.8, 4) is 0 Å². The van der Waals surface area contributed by atoms with Crippen molar-refractivity contribution in [1.29, 1.82) is 0 Å². The Hall–Kier alpha value is -2.48. The summed E-state index contributed by atoms with van der Waals surface area (Å²) in [5.74, 6) is -0.200. The molecule has 0 saturated heterocycles. The van der Waals surface area contributed by atoms with Crippen LogP contribution in [0.1, 0.15) is 48.7 Å². The van der Waals surface area contributed by atoms with E-state index >= 15 is 0 Å². The van der Waals surface area contributed by atoms with E-state index in [1.54, 1.807) is 19.9 Å². The van der Waals surface area contributed by atoms with Gasteiger partial charge in [0.1, 0.15) is 0 Å². The lowest BCUT2D eigenvalue weighted by Gasteiger charge is -2.13. The number of hydrogen-bond donors (Lipinski definition) is 3. The number of aromatic nitrogens is 3. The van der Waals surface area contributed by atoms with Crippen molar-refractivity contribution in [2.45, 2.75) is 45.3 Å². The summed E-state index contributed by atoms with van der Waals surface area (Å²) in [7, 11) is 0. The van der Waals surface area contributed by atoms with Crippen LogP contribution in [0.5, 0.6) is 0 Å². The smallest absolute Gasteiger partial charge is 0.329 e. The highest BCUT2D eigenvalue weighted by Gasteiger charge is 2.28. The second-order valence-electron chi connectivity index (χ2n) is 6.13. The van der Waals surface area contributed by atoms with Crippen molar-refractivity contribution in [2.24, 2.45) is 0 Å². The van der Waals surface area contributed by atoms with Gasteiger partial charge in [0.05, 0.1) is 17.1 Å². The first-order chi connectivity index (χ1) is 11.4. The molecule has 1 saturated carbocycles. The van der Waals surface area contributed by atoms with E-state index in [2.05, 4.69) is 15.3 Å². The van der Waals surface area contributed by atoms with Gasteiger partial charge in [-0.15, -0.1) is 0 Å². The average molecular weight is 332 g/mol. The fourth-order valence-corrected chi connectivity index (χ4v) is 2.69. The molecule has 2 heterocycles. The first-order valence-electron chi connectivity index (χ1n) is 8.06. The SMILES string of the molecule is CCn1c(=O)[nH]c(=O)c2c(C(=O)NCC(C)O)cc(C3CC3)nc21. The number of H-pyrrole nitrogens is 1. The summed E-state index contributed by atoms with van der Waals surface area (Å²) in [6.07, 6.45) is 1.26. The van der Waals surface area contributed by atoms with Crippen molar-refractivity contribution < 1.29 is 9.90 Å². The molecule has 2 aromatic heterocycles. The Bertz CT molecular complexity index is 909. The molecule has 24 heavy (non-hydrogen) atoms. The minimum atomic E-state index is -0.697. The third-order valence-corrected chi connectivity index (χ3v) is 4.08. The number of pyridine rings is 1. The summed E-state index contributed by atoms with van der Waals surface area (Å²) in [5, 5.41) is 12.0. The molecular weight excluding hydrogens is 312 g/mol. The number of hydrogen-bond acceptors (Lipinski definition) is 5. The number of aryl methyl sites for hydroxylation is 1. The number of nitrogens with zero attached hydrogens (tertiary/aromatic N) is 2. The highest BCUT2D eigenvalue weighted by atomic mass is 16.3. The van der Waals surface area contributed by atoms with Crippen molar-refractivity contribution in [1.82, 2.24) is 19.9 Å². The minimum absolute atomic E-state index is 0.0761. The Morgan fingerprint density at radius 3 is 2.79 bits per heavy atom. The van der Waals surface area contributed by atoms with Gasteiger partial charge in [-0.3, -0.25) is 19.1 Å². The highest BCUT2D eigenvalue weighted by molar-refractivity contribution is 6.05.